The molecule has 0 aliphatic heterocycles. The van der Waals surface area contributed by atoms with Crippen LogP contribution in [0.4, 0.5) is 10.5 Å². The molecule has 7 heteroatoms. The van der Waals surface area contributed by atoms with E-state index in [1.165, 1.54) is 0 Å². The Morgan fingerprint density at radius 3 is 2.77 bits per heavy atom. The lowest BCUT2D eigenvalue weighted by molar-refractivity contribution is 0.210. The Labute approximate surface area is 129 Å². The first-order valence-corrected chi connectivity index (χ1v) is 7.03. The highest BCUT2D eigenvalue weighted by molar-refractivity contribution is 5.91. The van der Waals surface area contributed by atoms with Crippen LogP contribution in [0.15, 0.2) is 22.7 Å². The summed E-state index contributed by atoms with van der Waals surface area (Å²) in [6, 6.07) is 5.36. The fraction of sp³-hybridized carbons (Fsp3) is 0.400. The average Bonchev–Trinajstić information content (AvgIpc) is 2.92. The fourth-order valence-corrected chi connectivity index (χ4v) is 2.06. The summed E-state index contributed by atoms with van der Waals surface area (Å²) in [6.07, 6.45) is 0. The molecule has 1 aromatic heterocycles. The lowest BCUT2D eigenvalue weighted by Crippen LogP contribution is -2.34. The molecule has 2 amide bonds. The first-order valence-electron chi connectivity index (χ1n) is 7.03. The Bertz CT molecular complexity index is 654. The minimum absolute atomic E-state index is 0.238. The molecule has 0 radical (unpaired) electrons. The van der Waals surface area contributed by atoms with E-state index in [1.54, 1.807) is 25.0 Å². The number of carbonyl (C=O) groups excluding carboxylic acids is 1. The molecule has 0 unspecified atom stereocenters. The van der Waals surface area contributed by atoms with Gasteiger partial charge in [-0.3, -0.25) is 0 Å². The van der Waals surface area contributed by atoms with Gasteiger partial charge in [-0.05, 0) is 25.5 Å². The summed E-state index contributed by atoms with van der Waals surface area (Å²) in [5, 5.41) is 6.70. The Morgan fingerprint density at radius 2 is 2.18 bits per heavy atom. The van der Waals surface area contributed by atoms with E-state index >= 15 is 0 Å². The first kappa shape index (κ1) is 15.8. The maximum atomic E-state index is 12.4. The number of para-hydroxylation sites is 1. The van der Waals surface area contributed by atoms with Crippen molar-refractivity contribution in [3.63, 3.8) is 0 Å². The van der Waals surface area contributed by atoms with Gasteiger partial charge < -0.3 is 19.5 Å². The number of hydrogen-bond donors (Lipinski definition) is 1. The lowest BCUT2D eigenvalue weighted by atomic mass is 10.2. The maximum absolute atomic E-state index is 12.4. The number of urea groups is 1. The quantitative estimate of drug-likeness (QED) is 0.918. The summed E-state index contributed by atoms with van der Waals surface area (Å²) < 4.78 is 10.2. The van der Waals surface area contributed by atoms with Crippen LogP contribution in [0, 0.1) is 13.8 Å². The molecule has 2 aromatic rings. The van der Waals surface area contributed by atoms with Crippen LogP contribution in [0.3, 0.4) is 0 Å². The minimum atomic E-state index is -0.238. The predicted octanol–water partition coefficient (Wildman–Crippen LogP) is 2.75. The number of aryl methyl sites for hydroxylation is 2. The fourth-order valence-electron chi connectivity index (χ4n) is 2.06. The van der Waals surface area contributed by atoms with E-state index < -0.39 is 0 Å². The molecule has 0 saturated carbocycles. The lowest BCUT2D eigenvalue weighted by Gasteiger charge is -2.21. The summed E-state index contributed by atoms with van der Waals surface area (Å²) in [7, 11) is 1.57. The molecule has 22 heavy (non-hydrogen) atoms. The van der Waals surface area contributed by atoms with E-state index in [0.29, 0.717) is 29.7 Å². The summed E-state index contributed by atoms with van der Waals surface area (Å²) in [5.41, 5.74) is 1.59. The minimum Gasteiger partial charge on any atom is -0.495 e. The van der Waals surface area contributed by atoms with Gasteiger partial charge in [0, 0.05) is 13.5 Å². The second kappa shape index (κ2) is 6.93. The van der Waals surface area contributed by atoms with Gasteiger partial charge >= 0.3 is 6.03 Å². The zero-order chi connectivity index (χ0) is 16.1. The first-order chi connectivity index (χ1) is 10.5. The van der Waals surface area contributed by atoms with Gasteiger partial charge in [-0.2, -0.15) is 4.98 Å². The van der Waals surface area contributed by atoms with Crippen molar-refractivity contribution in [2.45, 2.75) is 27.3 Å². The number of anilines is 1. The molecule has 0 fully saturated rings. The summed E-state index contributed by atoms with van der Waals surface area (Å²) in [4.78, 5) is 18.2. The number of carbonyl (C=O) groups is 1. The van der Waals surface area contributed by atoms with E-state index in [9.17, 15) is 4.79 Å². The van der Waals surface area contributed by atoms with Crippen LogP contribution in [0.25, 0.3) is 0 Å². The van der Waals surface area contributed by atoms with Crippen molar-refractivity contribution in [3.05, 3.63) is 35.5 Å². The van der Waals surface area contributed by atoms with Gasteiger partial charge in [0.05, 0.1) is 19.3 Å². The van der Waals surface area contributed by atoms with Gasteiger partial charge in [0.25, 0.3) is 0 Å². The molecule has 0 aliphatic rings. The molecular formula is C15H20N4O3. The molecule has 0 aliphatic carbocycles. The smallest absolute Gasteiger partial charge is 0.322 e. The standard InChI is InChI=1S/C15H20N4O3/c1-5-19(9-13-16-11(3)22-18-13)15(20)17-14-10(2)7-6-8-12(14)21-4/h6-8H,5,9H2,1-4H3,(H,17,20). The van der Waals surface area contributed by atoms with Crippen LogP contribution in [-0.2, 0) is 6.54 Å². The zero-order valence-corrected chi connectivity index (χ0v) is 13.2. The number of nitrogens with zero attached hydrogens (tertiary/aromatic N) is 3. The third-order valence-corrected chi connectivity index (χ3v) is 3.26. The van der Waals surface area contributed by atoms with Crippen LogP contribution >= 0.6 is 0 Å². The van der Waals surface area contributed by atoms with Gasteiger partial charge in [-0.1, -0.05) is 17.3 Å². The number of methoxy groups -OCH3 is 1. The monoisotopic (exact) mass is 304 g/mol. The Kier molecular flexibility index (Phi) is 4.98. The number of rotatable bonds is 5. The Morgan fingerprint density at radius 1 is 1.41 bits per heavy atom. The predicted molar refractivity (Wildman–Crippen MR) is 81.9 cm³/mol. The highest BCUT2D eigenvalue weighted by Crippen LogP contribution is 2.27. The molecule has 0 saturated heterocycles. The van der Waals surface area contributed by atoms with Crippen LogP contribution in [0.2, 0.25) is 0 Å². The summed E-state index contributed by atoms with van der Waals surface area (Å²) in [5.74, 6) is 1.58. The van der Waals surface area contributed by atoms with Crippen molar-refractivity contribution in [2.75, 3.05) is 19.0 Å². The molecular weight excluding hydrogens is 284 g/mol. The molecule has 118 valence electrons. The largest absolute Gasteiger partial charge is 0.495 e. The van der Waals surface area contributed by atoms with Crippen molar-refractivity contribution in [2.24, 2.45) is 0 Å². The molecule has 1 N–H and O–H groups in total. The maximum Gasteiger partial charge on any atom is 0.322 e. The number of aromatic nitrogens is 2. The second-order valence-electron chi connectivity index (χ2n) is 4.83. The highest BCUT2D eigenvalue weighted by Gasteiger charge is 2.17. The van der Waals surface area contributed by atoms with Gasteiger partial charge in [-0.15, -0.1) is 0 Å². The van der Waals surface area contributed by atoms with E-state index in [-0.39, 0.29) is 12.6 Å². The van der Waals surface area contributed by atoms with E-state index in [2.05, 4.69) is 15.5 Å². The van der Waals surface area contributed by atoms with Crippen LogP contribution in [-0.4, -0.2) is 34.7 Å². The topological polar surface area (TPSA) is 80.5 Å². The molecule has 0 bridgehead atoms. The van der Waals surface area contributed by atoms with Crippen molar-refractivity contribution in [1.29, 1.82) is 0 Å². The molecule has 0 spiro atoms. The van der Waals surface area contributed by atoms with Gasteiger partial charge in [0.1, 0.15) is 5.75 Å². The van der Waals surface area contributed by atoms with E-state index in [1.807, 2.05) is 26.0 Å². The molecule has 7 nitrogen and oxygen atoms in total. The van der Waals surface area contributed by atoms with Crippen molar-refractivity contribution in [1.82, 2.24) is 15.0 Å². The molecule has 1 aromatic carbocycles. The van der Waals surface area contributed by atoms with Gasteiger partial charge in [0.2, 0.25) is 5.89 Å². The molecule has 1 heterocycles. The number of amides is 2. The number of nitrogens with one attached hydrogen (secondary N) is 1. The zero-order valence-electron chi connectivity index (χ0n) is 13.2. The van der Waals surface area contributed by atoms with Gasteiger partial charge in [-0.25, -0.2) is 4.79 Å². The second-order valence-corrected chi connectivity index (χ2v) is 4.83. The van der Waals surface area contributed by atoms with Crippen molar-refractivity contribution in [3.8, 4) is 5.75 Å². The average molecular weight is 304 g/mol. The molecule has 2 rings (SSSR count). The Hall–Kier alpha value is -2.57. The number of hydrogen-bond acceptors (Lipinski definition) is 5. The van der Waals surface area contributed by atoms with E-state index in [0.717, 1.165) is 5.56 Å². The number of ether oxygens (including phenoxy) is 1. The third kappa shape index (κ3) is 3.55. The Balaban J connectivity index is 2.13. The third-order valence-electron chi connectivity index (χ3n) is 3.26. The number of benzene rings is 1. The summed E-state index contributed by atoms with van der Waals surface area (Å²) >= 11 is 0. The van der Waals surface area contributed by atoms with Crippen molar-refractivity contribution >= 4 is 11.7 Å². The normalized spacial score (nSPS) is 10.4. The van der Waals surface area contributed by atoms with Gasteiger partial charge in [0.15, 0.2) is 5.82 Å². The highest BCUT2D eigenvalue weighted by atomic mass is 16.5. The van der Waals surface area contributed by atoms with Crippen LogP contribution in [0.5, 0.6) is 5.75 Å². The molecule has 0 atom stereocenters. The van der Waals surface area contributed by atoms with Crippen LogP contribution in [0.1, 0.15) is 24.2 Å². The van der Waals surface area contributed by atoms with E-state index in [4.69, 9.17) is 9.26 Å². The SMILES string of the molecule is CCN(Cc1noc(C)n1)C(=O)Nc1c(C)cccc1OC. The van der Waals surface area contributed by atoms with Crippen molar-refractivity contribution < 1.29 is 14.1 Å². The summed E-state index contributed by atoms with van der Waals surface area (Å²) in [6.45, 7) is 6.32. The van der Waals surface area contributed by atoms with Crippen LogP contribution < -0.4 is 10.1 Å².